The van der Waals surface area contributed by atoms with E-state index in [1.165, 1.54) is 11.1 Å². The highest BCUT2D eigenvalue weighted by Gasteiger charge is 2.40. The van der Waals surface area contributed by atoms with E-state index in [2.05, 4.69) is 31.2 Å². The van der Waals surface area contributed by atoms with Crippen LogP contribution in [0.4, 0.5) is 0 Å². The molecule has 0 radical (unpaired) electrons. The number of nitriles is 1. The summed E-state index contributed by atoms with van der Waals surface area (Å²) in [5.41, 5.74) is 2.02. The van der Waals surface area contributed by atoms with Crippen molar-refractivity contribution in [1.29, 1.82) is 5.26 Å². The van der Waals surface area contributed by atoms with Gasteiger partial charge in [-0.05, 0) is 36.8 Å². The Balaban J connectivity index is 2.11. The Labute approximate surface area is 116 Å². The van der Waals surface area contributed by atoms with Crippen LogP contribution in [0.15, 0.2) is 24.3 Å². The zero-order valence-corrected chi connectivity index (χ0v) is 11.7. The second-order valence-electron chi connectivity index (χ2n) is 5.73. The lowest BCUT2D eigenvalue weighted by Gasteiger charge is -2.36. The number of rotatable bonds is 5. The fourth-order valence-electron chi connectivity index (χ4n) is 3.08. The van der Waals surface area contributed by atoms with E-state index in [0.717, 1.165) is 38.5 Å². The van der Waals surface area contributed by atoms with E-state index in [-0.39, 0.29) is 0 Å². The smallest absolute Gasteiger partial charge is 0.0875 e. The summed E-state index contributed by atoms with van der Waals surface area (Å²) in [5, 5.41) is 20.0. The molecule has 0 amide bonds. The third-order valence-electron chi connectivity index (χ3n) is 4.41. The van der Waals surface area contributed by atoms with Gasteiger partial charge in [0.15, 0.2) is 0 Å². The third-order valence-corrected chi connectivity index (χ3v) is 4.41. The minimum absolute atomic E-state index is 0.489. The molecular weight excluding hydrogens is 234 g/mol. The molecule has 2 heteroatoms. The number of nitrogens with zero attached hydrogens (tertiary/aromatic N) is 1. The molecule has 2 unspecified atom stereocenters. The highest BCUT2D eigenvalue weighted by molar-refractivity contribution is 5.33. The summed E-state index contributed by atoms with van der Waals surface area (Å²) in [5.74, 6) is 0. The monoisotopic (exact) mass is 257 g/mol. The molecule has 0 bridgehead atoms. The van der Waals surface area contributed by atoms with Crippen LogP contribution in [0.25, 0.3) is 0 Å². The first-order valence-corrected chi connectivity index (χ1v) is 7.38. The Morgan fingerprint density at radius 3 is 2.74 bits per heavy atom. The summed E-state index contributed by atoms with van der Waals surface area (Å²) in [6.45, 7) is 2.16. The van der Waals surface area contributed by atoms with Crippen molar-refractivity contribution >= 4 is 0 Å². The number of aryl methyl sites for hydroxylation is 1. The second-order valence-corrected chi connectivity index (χ2v) is 5.73. The highest BCUT2D eigenvalue weighted by Crippen LogP contribution is 2.39. The second kappa shape index (κ2) is 6.21. The summed E-state index contributed by atoms with van der Waals surface area (Å²) in [4.78, 5) is 0. The van der Waals surface area contributed by atoms with Crippen LogP contribution in [-0.2, 0) is 12.8 Å². The Kier molecular flexibility index (Phi) is 4.61. The number of hydrogen-bond acceptors (Lipinski definition) is 2. The number of aliphatic hydroxyl groups excluding tert-OH is 1. The number of unbranched alkanes of at least 4 members (excludes halogenated alkanes) is 2. The van der Waals surface area contributed by atoms with Crippen LogP contribution in [-0.4, -0.2) is 11.2 Å². The van der Waals surface area contributed by atoms with Crippen LogP contribution >= 0.6 is 0 Å². The molecule has 0 fully saturated rings. The standard InChI is InChI=1S/C17H23NO/c1-2-3-4-9-16(19)17(13-18)11-10-14-7-5-6-8-15(14)12-17/h5-8,16,19H,2-4,9-12H2,1H3. The van der Waals surface area contributed by atoms with Gasteiger partial charge in [0.05, 0.1) is 17.6 Å². The molecule has 2 atom stereocenters. The molecule has 0 heterocycles. The number of hydrogen-bond donors (Lipinski definition) is 1. The van der Waals surface area contributed by atoms with E-state index in [9.17, 15) is 10.4 Å². The lowest BCUT2D eigenvalue weighted by Crippen LogP contribution is -2.39. The van der Waals surface area contributed by atoms with Crippen LogP contribution in [0.2, 0.25) is 0 Å². The Hall–Kier alpha value is -1.33. The third kappa shape index (κ3) is 2.98. The molecule has 1 aliphatic rings. The van der Waals surface area contributed by atoms with Crippen LogP contribution in [0.5, 0.6) is 0 Å². The first kappa shape index (κ1) is 14.1. The molecule has 1 N–H and O–H groups in total. The molecular formula is C17H23NO. The summed E-state index contributed by atoms with van der Waals surface area (Å²) in [6.07, 6.45) is 5.96. The quantitative estimate of drug-likeness (QED) is 0.819. The van der Waals surface area contributed by atoms with Crippen LogP contribution in [0, 0.1) is 16.7 Å². The molecule has 0 saturated carbocycles. The van der Waals surface area contributed by atoms with Gasteiger partial charge >= 0.3 is 0 Å². The van der Waals surface area contributed by atoms with Gasteiger partial charge in [-0.1, -0.05) is 50.5 Å². The topological polar surface area (TPSA) is 44.0 Å². The van der Waals surface area contributed by atoms with Crippen molar-refractivity contribution in [3.8, 4) is 6.07 Å². The minimum atomic E-state index is -0.567. The molecule has 102 valence electrons. The molecule has 1 aliphatic carbocycles. The predicted octanol–water partition coefficient (Wildman–Crippen LogP) is 3.63. The van der Waals surface area contributed by atoms with E-state index in [1.807, 2.05) is 6.07 Å². The summed E-state index contributed by atoms with van der Waals surface area (Å²) in [6, 6.07) is 10.7. The summed E-state index contributed by atoms with van der Waals surface area (Å²) >= 11 is 0. The van der Waals surface area contributed by atoms with Gasteiger partial charge in [-0.2, -0.15) is 5.26 Å². The zero-order valence-electron chi connectivity index (χ0n) is 11.7. The number of fused-ring (bicyclic) bond motifs is 1. The van der Waals surface area contributed by atoms with Gasteiger partial charge in [0.25, 0.3) is 0 Å². The fraction of sp³-hybridized carbons (Fsp3) is 0.588. The first-order valence-electron chi connectivity index (χ1n) is 7.38. The molecule has 2 nitrogen and oxygen atoms in total. The lowest BCUT2D eigenvalue weighted by atomic mass is 9.68. The van der Waals surface area contributed by atoms with Gasteiger partial charge in [0, 0.05) is 0 Å². The fourth-order valence-corrected chi connectivity index (χ4v) is 3.08. The van der Waals surface area contributed by atoms with Crippen molar-refractivity contribution in [2.24, 2.45) is 5.41 Å². The molecule has 0 saturated heterocycles. The number of aliphatic hydroxyl groups is 1. The van der Waals surface area contributed by atoms with Crippen LogP contribution in [0.3, 0.4) is 0 Å². The van der Waals surface area contributed by atoms with Crippen molar-refractivity contribution in [2.75, 3.05) is 0 Å². The van der Waals surface area contributed by atoms with Gasteiger partial charge < -0.3 is 5.11 Å². The summed E-state index contributed by atoms with van der Waals surface area (Å²) in [7, 11) is 0. The van der Waals surface area contributed by atoms with Crippen molar-refractivity contribution in [1.82, 2.24) is 0 Å². The van der Waals surface area contributed by atoms with Gasteiger partial charge in [0.2, 0.25) is 0 Å². The van der Waals surface area contributed by atoms with E-state index in [4.69, 9.17) is 0 Å². The maximum absolute atomic E-state index is 10.5. The Morgan fingerprint density at radius 1 is 1.32 bits per heavy atom. The van der Waals surface area contributed by atoms with Gasteiger partial charge in [-0.3, -0.25) is 0 Å². The Morgan fingerprint density at radius 2 is 2.05 bits per heavy atom. The molecule has 0 aromatic heterocycles. The van der Waals surface area contributed by atoms with Gasteiger partial charge in [0.1, 0.15) is 0 Å². The minimum Gasteiger partial charge on any atom is -0.391 e. The molecule has 19 heavy (non-hydrogen) atoms. The lowest BCUT2D eigenvalue weighted by molar-refractivity contribution is 0.0443. The van der Waals surface area contributed by atoms with Gasteiger partial charge in [-0.15, -0.1) is 0 Å². The van der Waals surface area contributed by atoms with Crippen molar-refractivity contribution in [2.45, 2.75) is 58.0 Å². The molecule has 1 aromatic carbocycles. The average Bonchev–Trinajstić information content (AvgIpc) is 2.46. The highest BCUT2D eigenvalue weighted by atomic mass is 16.3. The maximum Gasteiger partial charge on any atom is 0.0875 e. The van der Waals surface area contributed by atoms with Crippen LogP contribution < -0.4 is 0 Å². The Bertz CT molecular complexity index is 463. The summed E-state index contributed by atoms with van der Waals surface area (Å²) < 4.78 is 0. The van der Waals surface area contributed by atoms with E-state index < -0.39 is 11.5 Å². The van der Waals surface area contributed by atoms with E-state index in [0.29, 0.717) is 6.42 Å². The van der Waals surface area contributed by atoms with Crippen LogP contribution in [0.1, 0.15) is 50.2 Å². The molecule has 1 aromatic rings. The average molecular weight is 257 g/mol. The maximum atomic E-state index is 10.5. The normalized spacial score (nSPS) is 23.4. The predicted molar refractivity (Wildman–Crippen MR) is 76.7 cm³/mol. The van der Waals surface area contributed by atoms with Gasteiger partial charge in [-0.25, -0.2) is 0 Å². The molecule has 2 rings (SSSR count). The van der Waals surface area contributed by atoms with Crippen molar-refractivity contribution in [3.63, 3.8) is 0 Å². The largest absolute Gasteiger partial charge is 0.391 e. The molecule has 0 aliphatic heterocycles. The SMILES string of the molecule is CCCCCC(O)C1(C#N)CCc2ccccc2C1. The number of benzene rings is 1. The van der Waals surface area contributed by atoms with E-state index in [1.54, 1.807) is 0 Å². The molecule has 0 spiro atoms. The van der Waals surface area contributed by atoms with Crippen molar-refractivity contribution in [3.05, 3.63) is 35.4 Å². The van der Waals surface area contributed by atoms with Crippen molar-refractivity contribution < 1.29 is 5.11 Å². The van der Waals surface area contributed by atoms with E-state index >= 15 is 0 Å². The first-order chi connectivity index (χ1) is 9.22. The zero-order chi connectivity index (χ0) is 13.7.